The number of nitrogens with zero attached hydrogens (tertiary/aromatic N) is 3. The van der Waals surface area contributed by atoms with Gasteiger partial charge in [0.05, 0.1) is 34.4 Å². The van der Waals surface area contributed by atoms with E-state index in [0.717, 1.165) is 42.6 Å². The summed E-state index contributed by atoms with van der Waals surface area (Å²) in [5.41, 5.74) is 4.31. The molecule has 34 heavy (non-hydrogen) atoms. The van der Waals surface area contributed by atoms with Crippen molar-refractivity contribution in [2.75, 3.05) is 4.90 Å². The van der Waals surface area contributed by atoms with E-state index in [-0.39, 0.29) is 6.10 Å². The van der Waals surface area contributed by atoms with E-state index >= 15 is 0 Å². The number of hydrogen-bond acceptors (Lipinski definition) is 5. The molecule has 7 heteroatoms. The smallest absolute Gasteiger partial charge is 0.145 e. The molecule has 1 aliphatic carbocycles. The van der Waals surface area contributed by atoms with E-state index in [4.69, 9.17) is 37.7 Å². The van der Waals surface area contributed by atoms with Gasteiger partial charge in [-0.15, -0.1) is 0 Å². The molecule has 3 heterocycles. The molecule has 3 aromatic rings. The highest BCUT2D eigenvalue weighted by Gasteiger charge is 2.41. The summed E-state index contributed by atoms with van der Waals surface area (Å²) >= 11 is 13.0. The number of anilines is 1. The zero-order chi connectivity index (χ0) is 23.2. The zero-order valence-electron chi connectivity index (χ0n) is 18.7. The van der Waals surface area contributed by atoms with Gasteiger partial charge in [-0.05, 0) is 74.9 Å². The van der Waals surface area contributed by atoms with E-state index in [1.165, 1.54) is 18.5 Å². The Morgan fingerprint density at radius 1 is 1.00 bits per heavy atom. The van der Waals surface area contributed by atoms with Gasteiger partial charge in [0.2, 0.25) is 0 Å². The predicted octanol–water partition coefficient (Wildman–Crippen LogP) is 7.11. The summed E-state index contributed by atoms with van der Waals surface area (Å²) < 4.78 is 12.3. The van der Waals surface area contributed by atoms with E-state index in [1.54, 1.807) is 0 Å². The van der Waals surface area contributed by atoms with Gasteiger partial charge in [-0.25, -0.2) is 0 Å². The van der Waals surface area contributed by atoms with Crippen molar-refractivity contribution >= 4 is 28.9 Å². The highest BCUT2D eigenvalue weighted by Crippen LogP contribution is 2.47. The lowest BCUT2D eigenvalue weighted by molar-refractivity contribution is 0.0147. The van der Waals surface area contributed by atoms with Gasteiger partial charge < -0.3 is 14.2 Å². The second-order valence-electron chi connectivity index (χ2n) is 9.60. The van der Waals surface area contributed by atoms with Crippen LogP contribution in [0.3, 0.4) is 0 Å². The Morgan fingerprint density at radius 3 is 2.29 bits per heavy atom. The molecule has 6 rings (SSSR count). The van der Waals surface area contributed by atoms with Crippen LogP contribution in [-0.4, -0.2) is 23.3 Å². The lowest BCUT2D eigenvalue weighted by Crippen LogP contribution is -2.45. The van der Waals surface area contributed by atoms with Crippen molar-refractivity contribution in [1.82, 2.24) is 5.16 Å². The number of aromatic nitrogens is 1. The normalized spacial score (nSPS) is 23.8. The quantitative estimate of drug-likeness (QED) is 0.365. The van der Waals surface area contributed by atoms with E-state index in [0.29, 0.717) is 45.9 Å². The molecule has 3 aliphatic rings. The minimum Gasteiger partial charge on any atom is -0.373 e. The monoisotopic (exact) mass is 493 g/mol. The van der Waals surface area contributed by atoms with Crippen molar-refractivity contribution in [2.24, 2.45) is 0 Å². The topological polar surface area (TPSA) is 62.3 Å². The van der Waals surface area contributed by atoms with Gasteiger partial charge in [0.1, 0.15) is 11.5 Å². The molecule has 0 unspecified atom stereocenters. The third kappa shape index (κ3) is 3.98. The van der Waals surface area contributed by atoms with Crippen LogP contribution in [0.25, 0.3) is 11.3 Å². The molecule has 2 aromatic carbocycles. The summed E-state index contributed by atoms with van der Waals surface area (Å²) in [6.45, 7) is 0.452. The van der Waals surface area contributed by atoms with Crippen molar-refractivity contribution in [2.45, 2.75) is 69.2 Å². The molecular formula is C27H25Cl2N3O2. The number of ether oxygens (including phenoxy) is 1. The fourth-order valence-electron chi connectivity index (χ4n) is 5.64. The molecule has 3 atom stereocenters. The molecule has 1 aromatic heterocycles. The summed E-state index contributed by atoms with van der Waals surface area (Å²) in [7, 11) is 0. The van der Waals surface area contributed by atoms with Crippen molar-refractivity contribution < 1.29 is 9.26 Å². The second kappa shape index (κ2) is 8.92. The van der Waals surface area contributed by atoms with Gasteiger partial charge >= 0.3 is 0 Å². The predicted molar refractivity (Wildman–Crippen MR) is 132 cm³/mol. The number of nitriles is 1. The van der Waals surface area contributed by atoms with Crippen LogP contribution >= 0.6 is 23.2 Å². The van der Waals surface area contributed by atoms with E-state index in [9.17, 15) is 0 Å². The Kier molecular flexibility index (Phi) is 5.77. The molecule has 0 N–H and O–H groups in total. The average molecular weight is 494 g/mol. The molecular weight excluding hydrogens is 469 g/mol. The Bertz CT molecular complexity index is 1210. The lowest BCUT2D eigenvalue weighted by atomic mass is 9.98. The van der Waals surface area contributed by atoms with Gasteiger partial charge in [-0.1, -0.05) is 34.4 Å². The second-order valence-corrected chi connectivity index (χ2v) is 10.4. The van der Waals surface area contributed by atoms with E-state index < -0.39 is 0 Å². The third-order valence-corrected chi connectivity index (χ3v) is 8.04. The molecule has 2 saturated heterocycles. The first kappa shape index (κ1) is 22.0. The zero-order valence-corrected chi connectivity index (χ0v) is 20.2. The number of piperidine rings is 1. The standard InChI is InChI=1S/C27H25Cl2N3O2/c28-23-2-1-3-24(29)25(23)26-22(27(34-31-26)17-6-7-17)15-33-21-12-19-10-11-20(13-21)32(19)18-8-4-16(14-30)5-9-18/h1-5,8-9,17,19-21H,6-7,10-13,15H2/t19-,20+,21+. The fraction of sp³-hybridized carbons (Fsp3) is 0.407. The van der Waals surface area contributed by atoms with Crippen molar-refractivity contribution in [3.05, 3.63) is 69.4 Å². The molecule has 3 fully saturated rings. The van der Waals surface area contributed by atoms with Gasteiger partial charge in [0.25, 0.3) is 0 Å². The number of hydrogen-bond donors (Lipinski definition) is 0. The van der Waals surface area contributed by atoms with E-state index in [2.05, 4.69) is 28.3 Å². The lowest BCUT2D eigenvalue weighted by Gasteiger charge is -2.40. The Morgan fingerprint density at radius 2 is 1.68 bits per heavy atom. The molecule has 0 radical (unpaired) electrons. The summed E-state index contributed by atoms with van der Waals surface area (Å²) in [6, 6.07) is 16.6. The SMILES string of the molecule is N#Cc1ccc(N2[C@@H]3CC[C@H]2C[C@@H](OCc2c(-c4c(Cl)cccc4Cl)noc2C2CC2)C3)cc1. The van der Waals surface area contributed by atoms with Crippen LogP contribution in [0.5, 0.6) is 0 Å². The number of halogens is 2. The first-order chi connectivity index (χ1) is 16.6. The van der Waals surface area contributed by atoms with Gasteiger partial charge in [-0.3, -0.25) is 0 Å². The molecule has 0 amide bonds. The van der Waals surface area contributed by atoms with Gasteiger partial charge in [0.15, 0.2) is 0 Å². The summed E-state index contributed by atoms with van der Waals surface area (Å²) in [4.78, 5) is 2.53. The minimum atomic E-state index is 0.184. The maximum Gasteiger partial charge on any atom is 0.145 e. The highest BCUT2D eigenvalue weighted by atomic mass is 35.5. The van der Waals surface area contributed by atoms with Gasteiger partial charge in [-0.2, -0.15) is 5.26 Å². The van der Waals surface area contributed by atoms with Crippen molar-refractivity contribution in [3.63, 3.8) is 0 Å². The summed E-state index contributed by atoms with van der Waals surface area (Å²) in [5.74, 6) is 1.33. The first-order valence-corrected chi connectivity index (χ1v) is 12.7. The molecule has 5 nitrogen and oxygen atoms in total. The summed E-state index contributed by atoms with van der Waals surface area (Å²) in [6.07, 6.45) is 6.74. The van der Waals surface area contributed by atoms with E-state index in [1.807, 2.05) is 30.3 Å². The van der Waals surface area contributed by atoms with Crippen LogP contribution in [0.4, 0.5) is 5.69 Å². The Labute approximate surface area is 209 Å². The van der Waals surface area contributed by atoms with Crippen LogP contribution in [0.2, 0.25) is 10.0 Å². The van der Waals surface area contributed by atoms with Crippen molar-refractivity contribution in [3.8, 4) is 17.3 Å². The average Bonchev–Trinajstić information content (AvgIpc) is 3.55. The van der Waals surface area contributed by atoms with Crippen molar-refractivity contribution in [1.29, 1.82) is 5.26 Å². The molecule has 2 bridgehead atoms. The summed E-state index contributed by atoms with van der Waals surface area (Å²) in [5, 5.41) is 14.6. The fourth-order valence-corrected chi connectivity index (χ4v) is 6.22. The third-order valence-electron chi connectivity index (χ3n) is 7.41. The Balaban J connectivity index is 1.20. The number of rotatable bonds is 6. The maximum atomic E-state index is 9.10. The van der Waals surface area contributed by atoms with Crippen LogP contribution in [0.15, 0.2) is 47.0 Å². The molecule has 2 aliphatic heterocycles. The molecule has 1 saturated carbocycles. The first-order valence-electron chi connectivity index (χ1n) is 11.9. The molecule has 0 spiro atoms. The van der Waals surface area contributed by atoms with Crippen LogP contribution in [0.1, 0.15) is 61.3 Å². The van der Waals surface area contributed by atoms with Crippen LogP contribution in [0, 0.1) is 11.3 Å². The largest absolute Gasteiger partial charge is 0.373 e. The van der Waals surface area contributed by atoms with Gasteiger partial charge in [0, 0.05) is 34.8 Å². The minimum absolute atomic E-state index is 0.184. The number of benzene rings is 2. The van der Waals surface area contributed by atoms with Crippen LogP contribution < -0.4 is 4.90 Å². The Hall–Kier alpha value is -2.52. The van der Waals surface area contributed by atoms with Crippen LogP contribution in [-0.2, 0) is 11.3 Å². The highest BCUT2D eigenvalue weighted by molar-refractivity contribution is 6.39. The maximum absolute atomic E-state index is 9.10. The molecule has 174 valence electrons. The number of fused-ring (bicyclic) bond motifs is 2.